The van der Waals surface area contributed by atoms with E-state index in [9.17, 15) is 0 Å². The summed E-state index contributed by atoms with van der Waals surface area (Å²) >= 11 is 0. The molecular weight excluding hydrogens is 242 g/mol. The maximum absolute atomic E-state index is 8.56. The van der Waals surface area contributed by atoms with Crippen LogP contribution in [0.15, 0.2) is 41.8 Å². The molecule has 0 aliphatic carbocycles. The Balaban J connectivity index is 2.27. The van der Waals surface area contributed by atoms with E-state index < -0.39 is 0 Å². The van der Waals surface area contributed by atoms with Crippen LogP contribution in [0.25, 0.3) is 0 Å². The lowest BCUT2D eigenvalue weighted by Gasteiger charge is -2.18. The maximum Gasteiger partial charge on any atom is 0.190 e. The molecule has 19 heavy (non-hydrogen) atoms. The van der Waals surface area contributed by atoms with E-state index in [-0.39, 0.29) is 5.84 Å². The van der Waals surface area contributed by atoms with Gasteiger partial charge in [-0.2, -0.15) is 0 Å². The summed E-state index contributed by atoms with van der Waals surface area (Å²) in [6.45, 7) is 2.03. The van der Waals surface area contributed by atoms with E-state index >= 15 is 0 Å². The molecule has 0 saturated carbocycles. The number of amidine groups is 1. The Morgan fingerprint density at radius 3 is 2.68 bits per heavy atom. The third-order valence-electron chi connectivity index (χ3n) is 2.74. The highest BCUT2D eigenvalue weighted by atomic mass is 16.4. The number of benzene rings is 1. The molecule has 0 fully saturated rings. The van der Waals surface area contributed by atoms with Crippen molar-refractivity contribution in [1.82, 2.24) is 9.97 Å². The van der Waals surface area contributed by atoms with Gasteiger partial charge in [0.2, 0.25) is 0 Å². The second-order valence-corrected chi connectivity index (χ2v) is 4.14. The fourth-order valence-corrected chi connectivity index (χ4v) is 1.65. The van der Waals surface area contributed by atoms with Crippen LogP contribution < -0.4 is 10.6 Å². The normalized spacial score (nSPS) is 11.4. The molecule has 6 nitrogen and oxygen atoms in total. The number of nitrogens with two attached hydrogens (primary N) is 1. The lowest BCUT2D eigenvalue weighted by atomic mass is 10.2. The molecule has 98 valence electrons. The molecule has 2 aromatic rings. The molecule has 0 amide bonds. The molecule has 0 bridgehead atoms. The second-order valence-electron chi connectivity index (χ2n) is 4.14. The summed E-state index contributed by atoms with van der Waals surface area (Å²) in [5.74, 6) is 0.623. The molecular formula is C13H15N5O. The lowest BCUT2D eigenvalue weighted by molar-refractivity contribution is 0.318. The van der Waals surface area contributed by atoms with Gasteiger partial charge in [0.05, 0.1) is 12.4 Å². The molecule has 0 aliphatic heterocycles. The molecule has 2 rings (SSSR count). The molecule has 3 N–H and O–H groups in total. The van der Waals surface area contributed by atoms with Crippen LogP contribution in [0, 0.1) is 6.92 Å². The van der Waals surface area contributed by atoms with Gasteiger partial charge in [0.25, 0.3) is 0 Å². The van der Waals surface area contributed by atoms with Crippen LogP contribution in [0.2, 0.25) is 0 Å². The van der Waals surface area contributed by atoms with Crippen molar-refractivity contribution in [1.29, 1.82) is 0 Å². The zero-order valence-electron chi connectivity index (χ0n) is 10.8. The van der Waals surface area contributed by atoms with Gasteiger partial charge in [-0.15, -0.1) is 0 Å². The number of rotatable bonds is 3. The highest BCUT2D eigenvalue weighted by Crippen LogP contribution is 2.21. The molecule has 0 saturated heterocycles. The largest absolute Gasteiger partial charge is 0.409 e. The topological polar surface area (TPSA) is 87.6 Å². The molecule has 0 unspecified atom stereocenters. The SMILES string of the molecule is Cc1cccc(N(C)c2cnc(C(N)=NO)cn2)c1. The molecule has 0 radical (unpaired) electrons. The van der Waals surface area contributed by atoms with Gasteiger partial charge in [-0.3, -0.25) is 0 Å². The van der Waals surface area contributed by atoms with Crippen LogP contribution in [-0.4, -0.2) is 28.1 Å². The first-order valence-corrected chi connectivity index (χ1v) is 5.72. The van der Waals surface area contributed by atoms with Crippen LogP contribution in [0.1, 0.15) is 11.3 Å². The summed E-state index contributed by atoms with van der Waals surface area (Å²) in [6.07, 6.45) is 3.05. The van der Waals surface area contributed by atoms with Crippen LogP contribution in [0.5, 0.6) is 0 Å². The first-order chi connectivity index (χ1) is 9.11. The molecule has 0 spiro atoms. The smallest absolute Gasteiger partial charge is 0.190 e. The average molecular weight is 257 g/mol. The van der Waals surface area contributed by atoms with Crippen molar-refractivity contribution in [3.05, 3.63) is 47.9 Å². The summed E-state index contributed by atoms with van der Waals surface area (Å²) in [5, 5.41) is 11.4. The minimum absolute atomic E-state index is 0.0581. The number of anilines is 2. The van der Waals surface area contributed by atoms with Crippen molar-refractivity contribution >= 4 is 17.3 Å². The van der Waals surface area contributed by atoms with Gasteiger partial charge < -0.3 is 15.8 Å². The number of aromatic nitrogens is 2. The monoisotopic (exact) mass is 257 g/mol. The zero-order chi connectivity index (χ0) is 13.8. The molecule has 6 heteroatoms. The van der Waals surface area contributed by atoms with E-state index in [0.717, 1.165) is 5.69 Å². The highest BCUT2D eigenvalue weighted by molar-refractivity contribution is 5.94. The number of hydrogen-bond donors (Lipinski definition) is 2. The Morgan fingerprint density at radius 1 is 1.32 bits per heavy atom. The summed E-state index contributed by atoms with van der Waals surface area (Å²) in [4.78, 5) is 10.3. The summed E-state index contributed by atoms with van der Waals surface area (Å²) in [6, 6.07) is 8.06. The van der Waals surface area contributed by atoms with Gasteiger partial charge in [0.15, 0.2) is 11.7 Å². The molecule has 0 aliphatic rings. The standard InChI is InChI=1S/C13H15N5O/c1-9-4-3-5-10(6-9)18(2)12-8-15-11(7-16-12)13(14)17-19/h3-8,19H,1-2H3,(H2,14,17). The van der Waals surface area contributed by atoms with Crippen LogP contribution >= 0.6 is 0 Å². The van der Waals surface area contributed by atoms with E-state index in [1.807, 2.05) is 37.1 Å². The Morgan fingerprint density at radius 2 is 2.11 bits per heavy atom. The first kappa shape index (κ1) is 12.8. The van der Waals surface area contributed by atoms with Crippen molar-refractivity contribution in [2.45, 2.75) is 6.92 Å². The Labute approximate surface area is 111 Å². The lowest BCUT2D eigenvalue weighted by Crippen LogP contribution is -2.17. The summed E-state index contributed by atoms with van der Waals surface area (Å²) < 4.78 is 0. The van der Waals surface area contributed by atoms with E-state index in [4.69, 9.17) is 10.9 Å². The van der Waals surface area contributed by atoms with Crippen molar-refractivity contribution in [3.8, 4) is 0 Å². The number of aryl methyl sites for hydroxylation is 1. The van der Waals surface area contributed by atoms with E-state index in [1.54, 1.807) is 6.20 Å². The minimum Gasteiger partial charge on any atom is -0.409 e. The number of hydrogen-bond acceptors (Lipinski definition) is 5. The van der Waals surface area contributed by atoms with E-state index in [1.165, 1.54) is 11.8 Å². The fourth-order valence-electron chi connectivity index (χ4n) is 1.65. The van der Waals surface area contributed by atoms with Gasteiger partial charge in [0.1, 0.15) is 5.69 Å². The van der Waals surface area contributed by atoms with Gasteiger partial charge in [0, 0.05) is 12.7 Å². The van der Waals surface area contributed by atoms with Crippen molar-refractivity contribution in [2.75, 3.05) is 11.9 Å². The number of oxime groups is 1. The molecule has 1 aromatic heterocycles. The average Bonchev–Trinajstić information content (AvgIpc) is 2.46. The summed E-state index contributed by atoms with van der Waals surface area (Å²) in [5.41, 5.74) is 7.96. The van der Waals surface area contributed by atoms with Crippen LogP contribution in [-0.2, 0) is 0 Å². The van der Waals surface area contributed by atoms with Crippen LogP contribution in [0.3, 0.4) is 0 Å². The summed E-state index contributed by atoms with van der Waals surface area (Å²) in [7, 11) is 1.90. The van der Waals surface area contributed by atoms with Gasteiger partial charge in [-0.1, -0.05) is 17.3 Å². The third kappa shape index (κ3) is 2.79. The van der Waals surface area contributed by atoms with Gasteiger partial charge in [-0.05, 0) is 24.6 Å². The van der Waals surface area contributed by atoms with Crippen LogP contribution in [0.4, 0.5) is 11.5 Å². The first-order valence-electron chi connectivity index (χ1n) is 5.72. The Kier molecular flexibility index (Phi) is 3.61. The molecule has 1 heterocycles. The van der Waals surface area contributed by atoms with Crippen molar-refractivity contribution < 1.29 is 5.21 Å². The molecule has 1 aromatic carbocycles. The molecule has 0 atom stereocenters. The fraction of sp³-hybridized carbons (Fsp3) is 0.154. The third-order valence-corrected chi connectivity index (χ3v) is 2.74. The van der Waals surface area contributed by atoms with Gasteiger partial charge in [-0.25, -0.2) is 9.97 Å². The predicted octanol–water partition coefficient (Wildman–Crippen LogP) is 1.65. The second kappa shape index (κ2) is 5.34. The van der Waals surface area contributed by atoms with Gasteiger partial charge >= 0.3 is 0 Å². The van der Waals surface area contributed by atoms with E-state index in [2.05, 4.69) is 21.2 Å². The number of nitrogens with zero attached hydrogens (tertiary/aromatic N) is 4. The highest BCUT2D eigenvalue weighted by Gasteiger charge is 2.07. The van der Waals surface area contributed by atoms with Crippen molar-refractivity contribution in [3.63, 3.8) is 0 Å². The Hall–Kier alpha value is -2.63. The maximum atomic E-state index is 8.56. The predicted molar refractivity (Wildman–Crippen MR) is 73.8 cm³/mol. The van der Waals surface area contributed by atoms with Crippen molar-refractivity contribution in [2.24, 2.45) is 10.9 Å². The van der Waals surface area contributed by atoms with E-state index in [0.29, 0.717) is 11.5 Å². The Bertz CT molecular complexity index is 594. The minimum atomic E-state index is -0.0581. The quantitative estimate of drug-likeness (QED) is 0.378. The zero-order valence-corrected chi connectivity index (χ0v) is 10.8.